The van der Waals surface area contributed by atoms with Crippen LogP contribution in [0.2, 0.25) is 0 Å². The van der Waals surface area contributed by atoms with Gasteiger partial charge in [0.1, 0.15) is 11.9 Å². The number of carbonyl (C=O) groups excluding carboxylic acids is 1. The molecule has 0 heterocycles. The molecule has 1 aliphatic carbocycles. The van der Waals surface area contributed by atoms with Gasteiger partial charge in [-0.1, -0.05) is 30.3 Å². The Labute approximate surface area is 126 Å². The predicted octanol–water partition coefficient (Wildman–Crippen LogP) is 4.16. The van der Waals surface area contributed by atoms with Crippen LogP contribution in [-0.2, 0) is 4.79 Å². The van der Waals surface area contributed by atoms with Crippen molar-refractivity contribution in [2.24, 2.45) is 5.92 Å². The lowest BCUT2D eigenvalue weighted by atomic mass is 10.1. The molecule has 0 aromatic heterocycles. The standard InChI is InChI=1S/C15H17ClF3NO/c1-10(11-7-8-11)20(9-15(17,18)19)14(21)13(16)12-5-3-2-4-6-12/h2-6,10-11,13H,7-9H2,1H3. The lowest BCUT2D eigenvalue weighted by Gasteiger charge is -2.32. The predicted molar refractivity (Wildman–Crippen MR) is 75.0 cm³/mol. The van der Waals surface area contributed by atoms with Crippen molar-refractivity contribution in [3.8, 4) is 0 Å². The molecule has 2 rings (SSSR count). The third-order valence-electron chi connectivity index (χ3n) is 3.74. The Morgan fingerprint density at radius 3 is 2.38 bits per heavy atom. The third kappa shape index (κ3) is 4.37. The van der Waals surface area contributed by atoms with Crippen molar-refractivity contribution >= 4 is 17.5 Å². The summed E-state index contributed by atoms with van der Waals surface area (Å²) in [5.41, 5.74) is 0.513. The van der Waals surface area contributed by atoms with Crippen molar-refractivity contribution in [2.75, 3.05) is 6.54 Å². The van der Waals surface area contributed by atoms with Crippen molar-refractivity contribution < 1.29 is 18.0 Å². The lowest BCUT2D eigenvalue weighted by Crippen LogP contribution is -2.46. The number of rotatable bonds is 5. The van der Waals surface area contributed by atoms with Crippen LogP contribution in [0.5, 0.6) is 0 Å². The Morgan fingerprint density at radius 2 is 1.90 bits per heavy atom. The van der Waals surface area contributed by atoms with Crippen LogP contribution in [0.3, 0.4) is 0 Å². The second kappa shape index (κ2) is 6.26. The van der Waals surface area contributed by atoms with E-state index in [-0.39, 0.29) is 5.92 Å². The third-order valence-corrected chi connectivity index (χ3v) is 4.18. The molecule has 0 N–H and O–H groups in total. The maximum absolute atomic E-state index is 12.7. The molecular weight excluding hydrogens is 303 g/mol. The van der Waals surface area contributed by atoms with Crippen LogP contribution in [0, 0.1) is 5.92 Å². The Bertz CT molecular complexity index is 487. The first-order valence-electron chi connectivity index (χ1n) is 6.86. The normalized spacial score (nSPS) is 18.1. The van der Waals surface area contributed by atoms with Crippen LogP contribution >= 0.6 is 11.6 Å². The summed E-state index contributed by atoms with van der Waals surface area (Å²) in [4.78, 5) is 13.3. The Morgan fingerprint density at radius 1 is 1.33 bits per heavy atom. The zero-order valence-corrected chi connectivity index (χ0v) is 12.4. The van der Waals surface area contributed by atoms with Gasteiger partial charge >= 0.3 is 6.18 Å². The van der Waals surface area contributed by atoms with Crippen LogP contribution in [0.4, 0.5) is 13.2 Å². The maximum Gasteiger partial charge on any atom is 0.406 e. The molecule has 0 saturated heterocycles. The molecule has 1 amide bonds. The molecule has 2 atom stereocenters. The average molecular weight is 320 g/mol. The zero-order chi connectivity index (χ0) is 15.6. The second-order valence-electron chi connectivity index (χ2n) is 5.43. The van der Waals surface area contributed by atoms with E-state index in [1.807, 2.05) is 0 Å². The molecule has 2 unspecified atom stereocenters. The number of hydrogen-bond acceptors (Lipinski definition) is 1. The largest absolute Gasteiger partial charge is 0.406 e. The number of hydrogen-bond donors (Lipinski definition) is 0. The van der Waals surface area contributed by atoms with Crippen LogP contribution in [-0.4, -0.2) is 29.6 Å². The molecule has 21 heavy (non-hydrogen) atoms. The van der Waals surface area contributed by atoms with E-state index in [0.29, 0.717) is 5.56 Å². The number of amides is 1. The summed E-state index contributed by atoms with van der Waals surface area (Å²) in [7, 11) is 0. The molecule has 6 heteroatoms. The minimum atomic E-state index is -4.42. The van der Waals surface area contributed by atoms with Crippen molar-refractivity contribution in [3.63, 3.8) is 0 Å². The smallest absolute Gasteiger partial charge is 0.329 e. The minimum Gasteiger partial charge on any atom is -0.329 e. The molecule has 0 aliphatic heterocycles. The zero-order valence-electron chi connectivity index (χ0n) is 11.6. The highest BCUT2D eigenvalue weighted by atomic mass is 35.5. The highest BCUT2D eigenvalue weighted by molar-refractivity contribution is 6.30. The van der Waals surface area contributed by atoms with Gasteiger partial charge in [-0.2, -0.15) is 13.2 Å². The molecule has 1 aromatic carbocycles. The number of benzene rings is 1. The van der Waals surface area contributed by atoms with Gasteiger partial charge in [0.2, 0.25) is 5.91 Å². The Kier molecular flexibility index (Phi) is 4.81. The average Bonchev–Trinajstić information content (AvgIpc) is 3.27. The lowest BCUT2D eigenvalue weighted by molar-refractivity contribution is -0.165. The molecule has 1 aliphatic rings. The van der Waals surface area contributed by atoms with E-state index in [1.165, 1.54) is 0 Å². The summed E-state index contributed by atoms with van der Waals surface area (Å²) >= 11 is 6.09. The quantitative estimate of drug-likeness (QED) is 0.746. The van der Waals surface area contributed by atoms with Gasteiger partial charge in [0.05, 0.1) is 0 Å². The van der Waals surface area contributed by atoms with E-state index >= 15 is 0 Å². The maximum atomic E-state index is 12.7. The van der Waals surface area contributed by atoms with E-state index in [0.717, 1.165) is 17.7 Å². The van der Waals surface area contributed by atoms with E-state index in [4.69, 9.17) is 11.6 Å². The SMILES string of the molecule is CC(C1CC1)N(CC(F)(F)F)C(=O)C(Cl)c1ccccc1. The first-order valence-corrected chi connectivity index (χ1v) is 7.29. The number of halogens is 4. The van der Waals surface area contributed by atoms with Crippen molar-refractivity contribution in [1.82, 2.24) is 4.90 Å². The second-order valence-corrected chi connectivity index (χ2v) is 5.87. The van der Waals surface area contributed by atoms with Crippen molar-refractivity contribution in [2.45, 2.75) is 37.4 Å². The molecule has 1 aromatic rings. The summed E-state index contributed by atoms with van der Waals surface area (Å²) in [6, 6.07) is 8.01. The van der Waals surface area contributed by atoms with Gasteiger partial charge in [-0.3, -0.25) is 4.79 Å². The number of carbonyl (C=O) groups is 1. The Hall–Kier alpha value is -1.23. The highest BCUT2D eigenvalue weighted by Gasteiger charge is 2.42. The first-order chi connectivity index (χ1) is 9.79. The molecule has 1 saturated carbocycles. The molecular formula is C15H17ClF3NO. The van der Waals surface area contributed by atoms with Gasteiger partial charge in [0.25, 0.3) is 0 Å². The van der Waals surface area contributed by atoms with Gasteiger partial charge < -0.3 is 4.90 Å². The number of nitrogens with zero attached hydrogens (tertiary/aromatic N) is 1. The summed E-state index contributed by atoms with van der Waals surface area (Å²) in [5, 5.41) is -1.09. The van der Waals surface area contributed by atoms with E-state index in [1.54, 1.807) is 37.3 Å². The topological polar surface area (TPSA) is 20.3 Å². The summed E-state index contributed by atoms with van der Waals surface area (Å²) in [5.74, 6) is -0.532. The van der Waals surface area contributed by atoms with Crippen LogP contribution < -0.4 is 0 Å². The van der Waals surface area contributed by atoms with E-state index in [9.17, 15) is 18.0 Å². The summed E-state index contributed by atoms with van der Waals surface area (Å²) < 4.78 is 38.2. The first kappa shape index (κ1) is 16.1. The van der Waals surface area contributed by atoms with Crippen LogP contribution in [0.25, 0.3) is 0 Å². The fourth-order valence-corrected chi connectivity index (χ4v) is 2.63. The van der Waals surface area contributed by atoms with Gasteiger partial charge in [0, 0.05) is 6.04 Å². The molecule has 0 radical (unpaired) electrons. The van der Waals surface area contributed by atoms with Crippen LogP contribution in [0.15, 0.2) is 30.3 Å². The molecule has 116 valence electrons. The van der Waals surface area contributed by atoms with Crippen molar-refractivity contribution in [3.05, 3.63) is 35.9 Å². The van der Waals surface area contributed by atoms with Gasteiger partial charge in [-0.05, 0) is 31.2 Å². The summed E-state index contributed by atoms with van der Waals surface area (Å²) in [6.45, 7) is 0.412. The number of alkyl halides is 4. The molecule has 1 fully saturated rings. The van der Waals surface area contributed by atoms with E-state index in [2.05, 4.69) is 0 Å². The molecule has 2 nitrogen and oxygen atoms in total. The molecule has 0 spiro atoms. The van der Waals surface area contributed by atoms with Crippen LogP contribution in [0.1, 0.15) is 30.7 Å². The fourth-order valence-electron chi connectivity index (χ4n) is 2.36. The van der Waals surface area contributed by atoms with E-state index < -0.39 is 30.0 Å². The molecule has 0 bridgehead atoms. The van der Waals surface area contributed by atoms with Gasteiger partial charge in [-0.25, -0.2) is 0 Å². The Balaban J connectivity index is 2.17. The minimum absolute atomic E-state index is 0.149. The monoisotopic (exact) mass is 319 g/mol. The van der Waals surface area contributed by atoms with Crippen molar-refractivity contribution in [1.29, 1.82) is 0 Å². The summed E-state index contributed by atoms with van der Waals surface area (Å²) in [6.07, 6.45) is -2.70. The highest BCUT2D eigenvalue weighted by Crippen LogP contribution is 2.37. The fraction of sp³-hybridized carbons (Fsp3) is 0.533. The van der Waals surface area contributed by atoms with Gasteiger partial charge in [-0.15, -0.1) is 11.6 Å². The van der Waals surface area contributed by atoms with Gasteiger partial charge in [0.15, 0.2) is 0 Å².